The molecule has 1 aromatic rings. The van der Waals surface area contributed by atoms with E-state index in [-0.39, 0.29) is 11.9 Å². The summed E-state index contributed by atoms with van der Waals surface area (Å²) < 4.78 is 38.8. The van der Waals surface area contributed by atoms with Gasteiger partial charge in [0.15, 0.2) is 17.5 Å². The van der Waals surface area contributed by atoms with Gasteiger partial charge in [-0.2, -0.15) is 9.37 Å². The van der Waals surface area contributed by atoms with Crippen LogP contribution in [0.3, 0.4) is 0 Å². The molecule has 2 rings (SSSR count). The number of rotatable bonds is 2. The maximum atomic E-state index is 13.3. The van der Waals surface area contributed by atoms with Crippen molar-refractivity contribution in [1.29, 1.82) is 0 Å². The smallest absolute Gasteiger partial charge is 0.251 e. The average molecular weight is 246 g/mol. The summed E-state index contributed by atoms with van der Waals surface area (Å²) in [4.78, 5) is 3.18. The molecule has 1 aromatic heterocycles. The lowest BCUT2D eigenvalue weighted by atomic mass is 9.64. The highest BCUT2D eigenvalue weighted by molar-refractivity contribution is 5.39. The number of pyridine rings is 1. The second-order valence-corrected chi connectivity index (χ2v) is 4.86. The van der Waals surface area contributed by atoms with Crippen molar-refractivity contribution in [1.82, 2.24) is 4.98 Å². The third-order valence-electron chi connectivity index (χ3n) is 3.41. The van der Waals surface area contributed by atoms with Crippen LogP contribution in [0.5, 0.6) is 0 Å². The fraction of sp³-hybridized carbons (Fsp3) is 0.545. The van der Waals surface area contributed by atoms with Crippen LogP contribution >= 0.6 is 0 Å². The first-order valence-electron chi connectivity index (χ1n) is 5.28. The Kier molecular flexibility index (Phi) is 2.77. The molecule has 0 spiro atoms. The molecular weight excluding hydrogens is 233 g/mol. The number of aliphatic hydroxyl groups excluding tert-OH is 1. The molecule has 2 atom stereocenters. The predicted octanol–water partition coefficient (Wildman–Crippen LogP) is 2.07. The van der Waals surface area contributed by atoms with Gasteiger partial charge in [-0.15, -0.1) is 0 Å². The third-order valence-corrected chi connectivity index (χ3v) is 3.41. The molecule has 1 aliphatic rings. The molecular formula is C11H13F3N2O. The maximum absolute atomic E-state index is 13.3. The van der Waals surface area contributed by atoms with Gasteiger partial charge in [0.25, 0.3) is 5.95 Å². The highest BCUT2D eigenvalue weighted by Gasteiger charge is 2.47. The van der Waals surface area contributed by atoms with Crippen molar-refractivity contribution in [3.05, 3.63) is 23.6 Å². The summed E-state index contributed by atoms with van der Waals surface area (Å²) in [5.74, 6) is -3.93. The van der Waals surface area contributed by atoms with Crippen molar-refractivity contribution in [3.63, 3.8) is 0 Å². The quantitative estimate of drug-likeness (QED) is 0.785. The molecule has 0 bridgehead atoms. The Morgan fingerprint density at radius 1 is 1.35 bits per heavy atom. The fourth-order valence-corrected chi connectivity index (χ4v) is 1.86. The van der Waals surface area contributed by atoms with Gasteiger partial charge in [0.2, 0.25) is 0 Å². The molecule has 2 unspecified atom stereocenters. The zero-order valence-corrected chi connectivity index (χ0v) is 9.47. The van der Waals surface area contributed by atoms with Crippen LogP contribution in [0.25, 0.3) is 0 Å². The van der Waals surface area contributed by atoms with Crippen molar-refractivity contribution in [2.24, 2.45) is 5.41 Å². The van der Waals surface area contributed by atoms with E-state index in [9.17, 15) is 18.3 Å². The molecule has 1 aliphatic carbocycles. The SMILES string of the molecule is CC1(C)C(O)CC1Nc1nc(F)c(F)cc1F. The summed E-state index contributed by atoms with van der Waals surface area (Å²) >= 11 is 0. The molecule has 0 aliphatic heterocycles. The van der Waals surface area contributed by atoms with Crippen LogP contribution in [0.15, 0.2) is 6.07 Å². The number of aromatic nitrogens is 1. The Balaban J connectivity index is 2.18. The van der Waals surface area contributed by atoms with Gasteiger partial charge in [-0.1, -0.05) is 13.8 Å². The summed E-state index contributed by atoms with van der Waals surface area (Å²) in [5, 5.41) is 12.2. The van der Waals surface area contributed by atoms with E-state index in [1.807, 2.05) is 0 Å². The minimum absolute atomic E-state index is 0.218. The molecule has 3 nitrogen and oxygen atoms in total. The van der Waals surface area contributed by atoms with E-state index in [1.54, 1.807) is 13.8 Å². The zero-order valence-electron chi connectivity index (χ0n) is 9.47. The standard InChI is InChI=1S/C11H13F3N2O/c1-11(2)7(4-8(11)17)15-10-6(13)3-5(12)9(14)16-10/h3,7-8,17H,4H2,1-2H3,(H,15,16). The van der Waals surface area contributed by atoms with E-state index in [0.29, 0.717) is 12.5 Å². The number of anilines is 1. The Morgan fingerprint density at radius 3 is 2.53 bits per heavy atom. The van der Waals surface area contributed by atoms with Gasteiger partial charge < -0.3 is 10.4 Å². The maximum Gasteiger partial charge on any atom is 0.251 e. The number of aliphatic hydroxyl groups is 1. The van der Waals surface area contributed by atoms with Crippen molar-refractivity contribution in [2.45, 2.75) is 32.4 Å². The highest BCUT2D eigenvalue weighted by Crippen LogP contribution is 2.42. The Labute approximate surface area is 96.7 Å². The summed E-state index contributed by atoms with van der Waals surface area (Å²) in [7, 11) is 0. The highest BCUT2D eigenvalue weighted by atomic mass is 19.2. The van der Waals surface area contributed by atoms with Crippen LogP contribution in [0, 0.1) is 23.0 Å². The molecule has 17 heavy (non-hydrogen) atoms. The van der Waals surface area contributed by atoms with Gasteiger partial charge in [-0.05, 0) is 6.42 Å². The van der Waals surface area contributed by atoms with Crippen LogP contribution in [0.4, 0.5) is 19.0 Å². The van der Waals surface area contributed by atoms with Gasteiger partial charge in [0.1, 0.15) is 0 Å². The van der Waals surface area contributed by atoms with Crippen LogP contribution in [0.1, 0.15) is 20.3 Å². The second-order valence-electron chi connectivity index (χ2n) is 4.86. The van der Waals surface area contributed by atoms with Gasteiger partial charge in [0.05, 0.1) is 6.10 Å². The Hall–Kier alpha value is -1.30. The molecule has 1 heterocycles. The van der Waals surface area contributed by atoms with Crippen molar-refractivity contribution < 1.29 is 18.3 Å². The number of nitrogens with zero attached hydrogens (tertiary/aromatic N) is 1. The van der Waals surface area contributed by atoms with Crippen LogP contribution in [-0.4, -0.2) is 22.2 Å². The minimum Gasteiger partial charge on any atom is -0.392 e. The van der Waals surface area contributed by atoms with E-state index in [2.05, 4.69) is 10.3 Å². The lowest BCUT2D eigenvalue weighted by molar-refractivity contribution is -0.0512. The van der Waals surface area contributed by atoms with Crippen molar-refractivity contribution in [2.75, 3.05) is 5.32 Å². The number of hydrogen-bond donors (Lipinski definition) is 2. The first-order chi connectivity index (χ1) is 7.82. The molecule has 0 aromatic carbocycles. The fourth-order valence-electron chi connectivity index (χ4n) is 1.86. The Bertz CT molecular complexity index is 451. The third kappa shape index (κ3) is 1.97. The van der Waals surface area contributed by atoms with E-state index >= 15 is 0 Å². The van der Waals surface area contributed by atoms with E-state index in [4.69, 9.17) is 0 Å². The topological polar surface area (TPSA) is 45.1 Å². The molecule has 1 saturated carbocycles. The molecule has 0 radical (unpaired) electrons. The number of halogens is 3. The van der Waals surface area contributed by atoms with Gasteiger partial charge >= 0.3 is 0 Å². The Morgan fingerprint density at radius 2 is 2.00 bits per heavy atom. The summed E-state index contributed by atoms with van der Waals surface area (Å²) in [5.41, 5.74) is -0.445. The minimum atomic E-state index is -1.34. The van der Waals surface area contributed by atoms with Gasteiger partial charge in [0, 0.05) is 17.5 Å². The summed E-state index contributed by atoms with van der Waals surface area (Å²) in [6.45, 7) is 3.60. The summed E-state index contributed by atoms with van der Waals surface area (Å²) in [6.07, 6.45) is -0.0685. The monoisotopic (exact) mass is 246 g/mol. The zero-order chi connectivity index (χ0) is 12.8. The lowest BCUT2D eigenvalue weighted by Gasteiger charge is -2.49. The van der Waals surface area contributed by atoms with E-state index in [1.165, 1.54) is 0 Å². The average Bonchev–Trinajstić information content (AvgIpc) is 2.25. The van der Waals surface area contributed by atoms with Crippen LogP contribution in [-0.2, 0) is 0 Å². The van der Waals surface area contributed by atoms with Gasteiger partial charge in [-0.25, -0.2) is 8.78 Å². The lowest BCUT2D eigenvalue weighted by Crippen LogP contribution is -2.57. The van der Waals surface area contributed by atoms with Crippen LogP contribution in [0.2, 0.25) is 0 Å². The normalized spacial score (nSPS) is 26.5. The molecule has 94 valence electrons. The number of nitrogens with one attached hydrogen (secondary N) is 1. The first kappa shape index (κ1) is 12.2. The second kappa shape index (κ2) is 3.87. The predicted molar refractivity (Wildman–Crippen MR) is 55.9 cm³/mol. The van der Waals surface area contributed by atoms with Gasteiger partial charge in [-0.3, -0.25) is 0 Å². The first-order valence-corrected chi connectivity index (χ1v) is 5.28. The largest absolute Gasteiger partial charge is 0.392 e. The molecule has 0 saturated heterocycles. The van der Waals surface area contributed by atoms with Crippen molar-refractivity contribution >= 4 is 5.82 Å². The molecule has 0 amide bonds. The molecule has 1 fully saturated rings. The van der Waals surface area contributed by atoms with Crippen LogP contribution < -0.4 is 5.32 Å². The number of hydrogen-bond acceptors (Lipinski definition) is 3. The van der Waals surface area contributed by atoms with E-state index in [0.717, 1.165) is 0 Å². The summed E-state index contributed by atoms with van der Waals surface area (Å²) in [6, 6.07) is 0.233. The van der Waals surface area contributed by atoms with E-state index < -0.39 is 29.1 Å². The van der Waals surface area contributed by atoms with Crippen molar-refractivity contribution in [3.8, 4) is 0 Å². The molecule has 6 heteroatoms. The molecule has 2 N–H and O–H groups in total.